The lowest BCUT2D eigenvalue weighted by molar-refractivity contribution is -0.116. The number of carbonyl (C=O) groups excluding carboxylic acids is 2. The molecule has 0 aliphatic carbocycles. The van der Waals surface area contributed by atoms with Gasteiger partial charge < -0.3 is 14.6 Å². The third-order valence-electron chi connectivity index (χ3n) is 3.83. The Hall–Kier alpha value is -3.59. The molecule has 3 aromatic rings. The standard InChI is InChI=1S/C19H15N3O3/c1-25-19(24)15-7-2-4-8-16(15)21-18(23)12-22-11-13(10-20)14-6-3-5-9-17(14)22/h2-9,11H,12H2,1H3,(H,21,23). The van der Waals surface area contributed by atoms with Crippen LogP contribution in [0, 0.1) is 11.3 Å². The van der Waals surface area contributed by atoms with Crippen LogP contribution in [0.5, 0.6) is 0 Å². The predicted molar refractivity (Wildman–Crippen MR) is 93.1 cm³/mol. The third-order valence-corrected chi connectivity index (χ3v) is 3.83. The van der Waals surface area contributed by atoms with Gasteiger partial charge in [-0.05, 0) is 18.2 Å². The monoisotopic (exact) mass is 333 g/mol. The van der Waals surface area contributed by atoms with Gasteiger partial charge in [-0.1, -0.05) is 30.3 Å². The van der Waals surface area contributed by atoms with E-state index >= 15 is 0 Å². The zero-order chi connectivity index (χ0) is 17.8. The van der Waals surface area contributed by atoms with E-state index in [-0.39, 0.29) is 18.0 Å². The highest BCUT2D eigenvalue weighted by atomic mass is 16.5. The minimum absolute atomic E-state index is 0.0255. The number of hydrogen-bond donors (Lipinski definition) is 1. The number of esters is 1. The first-order valence-corrected chi connectivity index (χ1v) is 7.59. The highest BCUT2D eigenvalue weighted by Gasteiger charge is 2.15. The zero-order valence-electron chi connectivity index (χ0n) is 13.5. The van der Waals surface area contributed by atoms with E-state index in [4.69, 9.17) is 4.74 Å². The summed E-state index contributed by atoms with van der Waals surface area (Å²) in [5, 5.41) is 12.7. The summed E-state index contributed by atoms with van der Waals surface area (Å²) in [6, 6.07) is 16.2. The molecule has 0 bridgehead atoms. The van der Waals surface area contributed by atoms with Crippen LogP contribution in [0.25, 0.3) is 10.9 Å². The highest BCUT2D eigenvalue weighted by molar-refractivity contribution is 6.01. The molecule has 1 amide bonds. The van der Waals surface area contributed by atoms with Crippen molar-refractivity contribution < 1.29 is 14.3 Å². The number of nitriles is 1. The largest absolute Gasteiger partial charge is 0.465 e. The number of rotatable bonds is 4. The van der Waals surface area contributed by atoms with Gasteiger partial charge in [0.25, 0.3) is 0 Å². The summed E-state index contributed by atoms with van der Waals surface area (Å²) >= 11 is 0. The van der Waals surface area contributed by atoms with Crippen molar-refractivity contribution in [2.45, 2.75) is 6.54 Å². The van der Waals surface area contributed by atoms with Gasteiger partial charge in [0.05, 0.1) is 23.9 Å². The number of methoxy groups -OCH3 is 1. The molecular formula is C19H15N3O3. The molecule has 0 radical (unpaired) electrons. The summed E-state index contributed by atoms with van der Waals surface area (Å²) in [5.41, 5.74) is 1.98. The van der Waals surface area contributed by atoms with Gasteiger partial charge in [-0.3, -0.25) is 4.79 Å². The normalized spacial score (nSPS) is 10.2. The van der Waals surface area contributed by atoms with E-state index < -0.39 is 5.97 Å². The molecule has 1 aromatic heterocycles. The Labute approximate surface area is 144 Å². The summed E-state index contributed by atoms with van der Waals surface area (Å²) in [4.78, 5) is 24.2. The topological polar surface area (TPSA) is 84.1 Å². The van der Waals surface area contributed by atoms with E-state index in [1.165, 1.54) is 7.11 Å². The lowest BCUT2D eigenvalue weighted by Gasteiger charge is -2.10. The number of aromatic nitrogens is 1. The van der Waals surface area contributed by atoms with Gasteiger partial charge in [-0.2, -0.15) is 5.26 Å². The molecule has 3 rings (SSSR count). The second kappa shape index (κ2) is 6.89. The van der Waals surface area contributed by atoms with Crippen molar-refractivity contribution in [1.82, 2.24) is 4.57 Å². The first-order chi connectivity index (χ1) is 12.1. The maximum Gasteiger partial charge on any atom is 0.339 e. The van der Waals surface area contributed by atoms with Crippen molar-refractivity contribution >= 4 is 28.5 Å². The van der Waals surface area contributed by atoms with E-state index in [1.807, 2.05) is 24.3 Å². The number of benzene rings is 2. The number of anilines is 1. The maximum atomic E-state index is 12.4. The lowest BCUT2D eigenvalue weighted by Crippen LogP contribution is -2.20. The average Bonchev–Trinajstić information content (AvgIpc) is 2.99. The number of nitrogens with one attached hydrogen (secondary N) is 1. The molecular weight excluding hydrogens is 318 g/mol. The number of ether oxygens (including phenoxy) is 1. The zero-order valence-corrected chi connectivity index (χ0v) is 13.5. The van der Waals surface area contributed by atoms with Crippen molar-refractivity contribution in [1.29, 1.82) is 5.26 Å². The number of hydrogen-bond acceptors (Lipinski definition) is 4. The van der Waals surface area contributed by atoms with Crippen LogP contribution in [-0.4, -0.2) is 23.6 Å². The van der Waals surface area contributed by atoms with Crippen LogP contribution in [0.3, 0.4) is 0 Å². The smallest absolute Gasteiger partial charge is 0.339 e. The number of nitrogens with zero attached hydrogens (tertiary/aromatic N) is 2. The molecule has 0 fully saturated rings. The fraction of sp³-hybridized carbons (Fsp3) is 0.105. The average molecular weight is 333 g/mol. The van der Waals surface area contributed by atoms with Gasteiger partial charge in [0.2, 0.25) is 5.91 Å². The lowest BCUT2D eigenvalue weighted by atomic mass is 10.2. The quantitative estimate of drug-likeness (QED) is 0.744. The Morgan fingerprint density at radius 1 is 1.16 bits per heavy atom. The summed E-state index contributed by atoms with van der Waals surface area (Å²) < 4.78 is 6.43. The number of amides is 1. The number of para-hydroxylation sites is 2. The molecule has 124 valence electrons. The predicted octanol–water partition coefficient (Wildman–Crippen LogP) is 2.94. The van der Waals surface area contributed by atoms with Gasteiger partial charge >= 0.3 is 5.97 Å². The van der Waals surface area contributed by atoms with Gasteiger partial charge in [0, 0.05) is 17.1 Å². The van der Waals surface area contributed by atoms with Gasteiger partial charge in [0.15, 0.2) is 0 Å². The molecule has 25 heavy (non-hydrogen) atoms. The minimum Gasteiger partial charge on any atom is -0.465 e. The fourth-order valence-corrected chi connectivity index (χ4v) is 2.69. The van der Waals surface area contributed by atoms with E-state index in [1.54, 1.807) is 35.0 Å². The Kier molecular flexibility index (Phi) is 4.48. The molecule has 0 aliphatic heterocycles. The third kappa shape index (κ3) is 3.21. The molecule has 1 N–H and O–H groups in total. The molecule has 6 heteroatoms. The van der Waals surface area contributed by atoms with E-state index in [0.717, 1.165) is 10.9 Å². The van der Waals surface area contributed by atoms with Crippen LogP contribution >= 0.6 is 0 Å². The SMILES string of the molecule is COC(=O)c1ccccc1NC(=O)Cn1cc(C#N)c2ccccc21. The second-order valence-corrected chi connectivity index (χ2v) is 5.38. The van der Waals surface area contributed by atoms with Gasteiger partial charge in [-0.25, -0.2) is 4.79 Å². The molecule has 0 spiro atoms. The van der Waals surface area contributed by atoms with Crippen molar-refractivity contribution in [3.8, 4) is 6.07 Å². The van der Waals surface area contributed by atoms with Gasteiger partial charge in [-0.15, -0.1) is 0 Å². The Morgan fingerprint density at radius 3 is 2.64 bits per heavy atom. The van der Waals surface area contributed by atoms with Crippen molar-refractivity contribution in [2.24, 2.45) is 0 Å². The maximum absolute atomic E-state index is 12.4. The van der Waals surface area contributed by atoms with E-state index in [2.05, 4.69) is 11.4 Å². The molecule has 0 saturated heterocycles. The molecule has 1 heterocycles. The molecule has 2 aromatic carbocycles. The second-order valence-electron chi connectivity index (χ2n) is 5.38. The van der Waals surface area contributed by atoms with Crippen molar-refractivity contribution in [3.05, 3.63) is 65.9 Å². The van der Waals surface area contributed by atoms with Crippen LogP contribution in [0.2, 0.25) is 0 Å². The first kappa shape index (κ1) is 16.3. The van der Waals surface area contributed by atoms with Crippen LogP contribution in [-0.2, 0) is 16.1 Å². The minimum atomic E-state index is -0.519. The number of carbonyl (C=O) groups is 2. The summed E-state index contributed by atoms with van der Waals surface area (Å²) in [6.07, 6.45) is 1.65. The molecule has 0 aliphatic rings. The van der Waals surface area contributed by atoms with Crippen LogP contribution < -0.4 is 5.32 Å². The molecule has 0 unspecified atom stereocenters. The van der Waals surface area contributed by atoms with E-state index in [0.29, 0.717) is 11.3 Å². The summed E-state index contributed by atoms with van der Waals surface area (Å²) in [7, 11) is 1.29. The Bertz CT molecular complexity index is 999. The summed E-state index contributed by atoms with van der Waals surface area (Å²) in [6.45, 7) is 0.0255. The van der Waals surface area contributed by atoms with Crippen LogP contribution in [0.4, 0.5) is 5.69 Å². The molecule has 0 atom stereocenters. The van der Waals surface area contributed by atoms with Crippen molar-refractivity contribution in [2.75, 3.05) is 12.4 Å². The number of fused-ring (bicyclic) bond motifs is 1. The van der Waals surface area contributed by atoms with E-state index in [9.17, 15) is 14.9 Å². The van der Waals surface area contributed by atoms with Gasteiger partial charge in [0.1, 0.15) is 12.6 Å². The van der Waals surface area contributed by atoms with Crippen LogP contribution in [0.1, 0.15) is 15.9 Å². The molecule has 6 nitrogen and oxygen atoms in total. The Balaban J connectivity index is 1.85. The van der Waals surface area contributed by atoms with Crippen LogP contribution in [0.15, 0.2) is 54.7 Å². The highest BCUT2D eigenvalue weighted by Crippen LogP contribution is 2.21. The van der Waals surface area contributed by atoms with Crippen molar-refractivity contribution in [3.63, 3.8) is 0 Å². The summed E-state index contributed by atoms with van der Waals surface area (Å²) in [5.74, 6) is -0.823. The fourth-order valence-electron chi connectivity index (χ4n) is 2.69. The first-order valence-electron chi connectivity index (χ1n) is 7.59. The molecule has 0 saturated carbocycles. The Morgan fingerprint density at radius 2 is 1.88 bits per heavy atom.